The molecule has 108 valence electrons. The van der Waals surface area contributed by atoms with Gasteiger partial charge < -0.3 is 9.67 Å². The molecule has 0 aliphatic rings. The Hall–Kier alpha value is -2.13. The molecule has 3 nitrogen and oxygen atoms in total. The second kappa shape index (κ2) is 6.10. The molecule has 2 aromatic carbocycles. The van der Waals surface area contributed by atoms with Crippen LogP contribution in [0.25, 0.3) is 10.8 Å². The van der Waals surface area contributed by atoms with E-state index in [9.17, 15) is 5.11 Å². The van der Waals surface area contributed by atoms with Gasteiger partial charge in [0.1, 0.15) is 11.9 Å². The summed E-state index contributed by atoms with van der Waals surface area (Å²) >= 11 is 0. The van der Waals surface area contributed by atoms with Crippen molar-refractivity contribution in [3.63, 3.8) is 0 Å². The Labute approximate surface area is 124 Å². The first-order valence-electron chi connectivity index (χ1n) is 7.45. The molecule has 1 heterocycles. The maximum absolute atomic E-state index is 10.5. The van der Waals surface area contributed by atoms with E-state index in [1.54, 1.807) is 6.20 Å². The van der Waals surface area contributed by atoms with E-state index in [1.807, 2.05) is 29.0 Å². The van der Waals surface area contributed by atoms with Gasteiger partial charge in [0.15, 0.2) is 0 Å². The zero-order valence-electron chi connectivity index (χ0n) is 12.2. The molecule has 0 fully saturated rings. The molecule has 0 radical (unpaired) electrons. The molecule has 0 amide bonds. The molecule has 0 spiro atoms. The summed E-state index contributed by atoms with van der Waals surface area (Å²) in [5.41, 5.74) is 1.16. The van der Waals surface area contributed by atoms with Crippen molar-refractivity contribution in [3.05, 3.63) is 66.2 Å². The molecule has 1 atom stereocenters. The second-order valence-corrected chi connectivity index (χ2v) is 5.34. The van der Waals surface area contributed by atoms with Crippen LogP contribution in [-0.4, -0.2) is 14.7 Å². The summed E-state index contributed by atoms with van der Waals surface area (Å²) < 4.78 is 2.04. The number of hydrogen-bond acceptors (Lipinski definition) is 2. The minimum absolute atomic E-state index is 0.572. The smallest absolute Gasteiger partial charge is 0.137 e. The molecule has 1 aromatic heterocycles. The van der Waals surface area contributed by atoms with Gasteiger partial charge in [-0.05, 0) is 22.8 Å². The van der Waals surface area contributed by atoms with E-state index in [-0.39, 0.29) is 0 Å². The lowest BCUT2D eigenvalue weighted by atomic mass is 9.99. The Morgan fingerprint density at radius 2 is 1.95 bits per heavy atom. The fourth-order valence-corrected chi connectivity index (χ4v) is 2.82. The molecule has 0 aliphatic heterocycles. The highest BCUT2D eigenvalue weighted by Crippen LogP contribution is 2.24. The highest BCUT2D eigenvalue weighted by atomic mass is 16.3. The van der Waals surface area contributed by atoms with Gasteiger partial charge >= 0.3 is 0 Å². The van der Waals surface area contributed by atoms with Crippen molar-refractivity contribution in [1.29, 1.82) is 0 Å². The van der Waals surface area contributed by atoms with E-state index in [1.165, 1.54) is 10.8 Å². The van der Waals surface area contributed by atoms with Crippen molar-refractivity contribution in [2.45, 2.75) is 32.4 Å². The third-order valence-corrected chi connectivity index (χ3v) is 3.80. The summed E-state index contributed by atoms with van der Waals surface area (Å²) in [6, 6.07) is 14.5. The van der Waals surface area contributed by atoms with Crippen LogP contribution in [-0.2, 0) is 13.0 Å². The SMILES string of the molecule is CCCn1ccnc1C(O)Cc1cccc2ccccc12. The lowest BCUT2D eigenvalue weighted by molar-refractivity contribution is 0.163. The van der Waals surface area contributed by atoms with Crippen LogP contribution in [0.1, 0.15) is 30.8 Å². The number of fused-ring (bicyclic) bond motifs is 1. The predicted molar refractivity (Wildman–Crippen MR) is 85.1 cm³/mol. The first-order chi connectivity index (χ1) is 10.3. The van der Waals surface area contributed by atoms with Gasteiger partial charge in [-0.3, -0.25) is 0 Å². The Balaban J connectivity index is 1.89. The number of benzene rings is 2. The van der Waals surface area contributed by atoms with Gasteiger partial charge in [0, 0.05) is 25.4 Å². The normalized spacial score (nSPS) is 12.7. The van der Waals surface area contributed by atoms with Crippen LogP contribution < -0.4 is 0 Å². The van der Waals surface area contributed by atoms with Gasteiger partial charge in [-0.1, -0.05) is 49.4 Å². The van der Waals surface area contributed by atoms with Crippen molar-refractivity contribution < 1.29 is 5.11 Å². The molecule has 0 saturated heterocycles. The van der Waals surface area contributed by atoms with Crippen LogP contribution in [0.15, 0.2) is 54.9 Å². The molecule has 3 aromatic rings. The maximum atomic E-state index is 10.5. The summed E-state index contributed by atoms with van der Waals surface area (Å²) in [5.74, 6) is 0.754. The Kier molecular flexibility index (Phi) is 4.02. The minimum Gasteiger partial charge on any atom is -0.385 e. The molecule has 1 unspecified atom stereocenters. The summed E-state index contributed by atoms with van der Waals surface area (Å²) in [6.07, 6.45) is 4.74. The monoisotopic (exact) mass is 280 g/mol. The van der Waals surface area contributed by atoms with E-state index in [0.29, 0.717) is 6.42 Å². The number of aliphatic hydroxyl groups excluding tert-OH is 1. The van der Waals surface area contributed by atoms with Crippen molar-refractivity contribution in [1.82, 2.24) is 9.55 Å². The zero-order chi connectivity index (χ0) is 14.7. The topological polar surface area (TPSA) is 38.0 Å². The van der Waals surface area contributed by atoms with Crippen molar-refractivity contribution in [2.75, 3.05) is 0 Å². The zero-order valence-corrected chi connectivity index (χ0v) is 12.2. The summed E-state index contributed by atoms with van der Waals surface area (Å²) in [4.78, 5) is 4.32. The number of hydrogen-bond donors (Lipinski definition) is 1. The fourth-order valence-electron chi connectivity index (χ4n) is 2.82. The Morgan fingerprint density at radius 1 is 1.14 bits per heavy atom. The molecule has 0 bridgehead atoms. The van der Waals surface area contributed by atoms with Gasteiger partial charge in [0.05, 0.1) is 0 Å². The molecule has 1 N–H and O–H groups in total. The van der Waals surface area contributed by atoms with Crippen molar-refractivity contribution >= 4 is 10.8 Å². The predicted octanol–water partition coefficient (Wildman–Crippen LogP) is 3.72. The number of aliphatic hydroxyl groups is 1. The van der Waals surface area contributed by atoms with E-state index >= 15 is 0 Å². The Morgan fingerprint density at radius 3 is 2.81 bits per heavy atom. The van der Waals surface area contributed by atoms with E-state index in [0.717, 1.165) is 24.4 Å². The average Bonchev–Trinajstić information content (AvgIpc) is 2.96. The van der Waals surface area contributed by atoms with Gasteiger partial charge in [0.25, 0.3) is 0 Å². The van der Waals surface area contributed by atoms with Crippen LogP contribution in [0.3, 0.4) is 0 Å². The molecular formula is C18H20N2O. The molecule has 0 aliphatic carbocycles. The van der Waals surface area contributed by atoms with Gasteiger partial charge in [0.2, 0.25) is 0 Å². The van der Waals surface area contributed by atoms with Crippen LogP contribution in [0.2, 0.25) is 0 Å². The highest BCUT2D eigenvalue weighted by molar-refractivity contribution is 5.85. The third kappa shape index (κ3) is 2.83. The van der Waals surface area contributed by atoms with Gasteiger partial charge in [-0.15, -0.1) is 0 Å². The first kappa shape index (κ1) is 13.8. The first-order valence-corrected chi connectivity index (χ1v) is 7.45. The number of aromatic nitrogens is 2. The largest absolute Gasteiger partial charge is 0.385 e. The van der Waals surface area contributed by atoms with Crippen LogP contribution in [0.5, 0.6) is 0 Å². The van der Waals surface area contributed by atoms with Crippen molar-refractivity contribution in [2.24, 2.45) is 0 Å². The van der Waals surface area contributed by atoms with E-state index in [2.05, 4.69) is 36.2 Å². The molecule has 0 saturated carbocycles. The van der Waals surface area contributed by atoms with Crippen LogP contribution in [0, 0.1) is 0 Å². The van der Waals surface area contributed by atoms with E-state index in [4.69, 9.17) is 0 Å². The average molecular weight is 280 g/mol. The summed E-state index contributed by atoms with van der Waals surface area (Å²) in [5, 5.41) is 13.0. The maximum Gasteiger partial charge on any atom is 0.137 e. The summed E-state index contributed by atoms with van der Waals surface area (Å²) in [6.45, 7) is 3.02. The number of rotatable bonds is 5. The second-order valence-electron chi connectivity index (χ2n) is 5.34. The molecule has 21 heavy (non-hydrogen) atoms. The molecular weight excluding hydrogens is 260 g/mol. The minimum atomic E-state index is -0.572. The lowest BCUT2D eigenvalue weighted by Gasteiger charge is -2.14. The number of nitrogens with zero attached hydrogens (tertiary/aromatic N) is 2. The Bertz CT molecular complexity index is 727. The number of aryl methyl sites for hydroxylation is 1. The van der Waals surface area contributed by atoms with E-state index < -0.39 is 6.10 Å². The number of imidazole rings is 1. The highest BCUT2D eigenvalue weighted by Gasteiger charge is 2.15. The van der Waals surface area contributed by atoms with Crippen LogP contribution in [0.4, 0.5) is 0 Å². The van der Waals surface area contributed by atoms with Crippen LogP contribution >= 0.6 is 0 Å². The van der Waals surface area contributed by atoms with Crippen molar-refractivity contribution in [3.8, 4) is 0 Å². The molecule has 3 rings (SSSR count). The fraction of sp³-hybridized carbons (Fsp3) is 0.278. The van der Waals surface area contributed by atoms with Gasteiger partial charge in [-0.25, -0.2) is 4.98 Å². The standard InChI is InChI=1S/C18H20N2O/c1-2-11-20-12-10-19-18(20)17(21)13-15-8-5-7-14-6-3-4-9-16(14)15/h3-10,12,17,21H,2,11,13H2,1H3. The third-order valence-electron chi connectivity index (χ3n) is 3.80. The van der Waals surface area contributed by atoms with Gasteiger partial charge in [-0.2, -0.15) is 0 Å². The lowest BCUT2D eigenvalue weighted by Crippen LogP contribution is -2.11. The molecule has 3 heteroatoms. The quantitative estimate of drug-likeness (QED) is 0.773. The summed E-state index contributed by atoms with van der Waals surface area (Å²) in [7, 11) is 0.